The molecule has 1 fully saturated rings. The third kappa shape index (κ3) is 3.66. The van der Waals surface area contributed by atoms with E-state index in [1.165, 1.54) is 24.9 Å². The Hall–Kier alpha value is -0.770. The predicted octanol–water partition coefficient (Wildman–Crippen LogP) is 3.19. The largest absolute Gasteiger partial charge is 0.395 e. The van der Waals surface area contributed by atoms with Gasteiger partial charge in [-0.05, 0) is 44.4 Å². The van der Waals surface area contributed by atoms with Gasteiger partial charge in [-0.3, -0.25) is 0 Å². The van der Waals surface area contributed by atoms with Gasteiger partial charge in [-0.25, -0.2) is 0 Å². The summed E-state index contributed by atoms with van der Waals surface area (Å²) < 4.78 is 0. The summed E-state index contributed by atoms with van der Waals surface area (Å²) in [6, 6.07) is 6.64. The highest BCUT2D eigenvalue weighted by Gasteiger charge is 2.26. The number of hydrogen-bond donors (Lipinski definition) is 2. The van der Waals surface area contributed by atoms with Crippen molar-refractivity contribution in [3.05, 3.63) is 28.8 Å². The van der Waals surface area contributed by atoms with E-state index in [4.69, 9.17) is 11.6 Å². The molecular formula is C16H25ClN2O. The van der Waals surface area contributed by atoms with Crippen molar-refractivity contribution in [2.24, 2.45) is 0 Å². The quantitative estimate of drug-likeness (QED) is 0.723. The normalized spacial score (nSPS) is 15.2. The molecule has 1 aliphatic rings. The van der Waals surface area contributed by atoms with Crippen LogP contribution >= 0.6 is 11.6 Å². The number of nitrogens with one attached hydrogen (secondary N) is 1. The average molecular weight is 297 g/mol. The zero-order valence-electron chi connectivity index (χ0n) is 12.2. The lowest BCUT2D eigenvalue weighted by Crippen LogP contribution is -2.42. The summed E-state index contributed by atoms with van der Waals surface area (Å²) >= 11 is 6.39. The summed E-state index contributed by atoms with van der Waals surface area (Å²) in [7, 11) is 0. The fraction of sp³-hybridized carbons (Fsp3) is 0.625. The molecule has 0 unspecified atom stereocenters. The molecule has 112 valence electrons. The van der Waals surface area contributed by atoms with Crippen LogP contribution in [-0.2, 0) is 6.54 Å². The summed E-state index contributed by atoms with van der Waals surface area (Å²) in [4.78, 5) is 2.33. The minimum Gasteiger partial charge on any atom is -0.395 e. The maximum atomic E-state index is 9.35. The van der Waals surface area contributed by atoms with Gasteiger partial charge in [-0.2, -0.15) is 0 Å². The van der Waals surface area contributed by atoms with Crippen LogP contribution in [0.1, 0.15) is 38.2 Å². The summed E-state index contributed by atoms with van der Waals surface area (Å²) in [5, 5.41) is 13.6. The Morgan fingerprint density at radius 1 is 1.40 bits per heavy atom. The van der Waals surface area contributed by atoms with Gasteiger partial charge in [-0.1, -0.05) is 24.6 Å². The van der Waals surface area contributed by atoms with E-state index in [0.29, 0.717) is 12.6 Å². The van der Waals surface area contributed by atoms with Gasteiger partial charge >= 0.3 is 0 Å². The summed E-state index contributed by atoms with van der Waals surface area (Å²) in [6.07, 6.45) is 4.84. The van der Waals surface area contributed by atoms with E-state index in [1.807, 2.05) is 12.1 Å². The number of anilines is 1. The van der Waals surface area contributed by atoms with E-state index in [1.54, 1.807) is 0 Å². The molecule has 1 saturated carbocycles. The monoisotopic (exact) mass is 296 g/mol. The molecule has 0 bridgehead atoms. The minimum atomic E-state index is 0.185. The van der Waals surface area contributed by atoms with E-state index >= 15 is 0 Å². The molecule has 0 heterocycles. The van der Waals surface area contributed by atoms with E-state index in [9.17, 15) is 5.11 Å². The van der Waals surface area contributed by atoms with E-state index in [-0.39, 0.29) is 6.61 Å². The number of aliphatic hydroxyl groups is 1. The SMILES string of the molecule is CCCNCc1c(Cl)cccc1N(CCO)C1CCC1. The highest BCUT2D eigenvalue weighted by molar-refractivity contribution is 6.31. The van der Waals surface area contributed by atoms with Crippen LogP contribution in [0.4, 0.5) is 5.69 Å². The van der Waals surface area contributed by atoms with Crippen molar-refractivity contribution in [3.8, 4) is 0 Å². The number of benzene rings is 1. The van der Waals surface area contributed by atoms with Gasteiger partial charge in [0, 0.05) is 35.4 Å². The lowest BCUT2D eigenvalue weighted by Gasteiger charge is -2.40. The molecule has 0 aromatic heterocycles. The van der Waals surface area contributed by atoms with Crippen molar-refractivity contribution in [3.63, 3.8) is 0 Å². The van der Waals surface area contributed by atoms with E-state index < -0.39 is 0 Å². The smallest absolute Gasteiger partial charge is 0.0606 e. The molecule has 3 nitrogen and oxygen atoms in total. The highest BCUT2D eigenvalue weighted by atomic mass is 35.5. The number of rotatable bonds is 8. The molecule has 0 atom stereocenters. The Kier molecular flexibility index (Phi) is 6.14. The van der Waals surface area contributed by atoms with Gasteiger partial charge in [0.1, 0.15) is 0 Å². The van der Waals surface area contributed by atoms with Gasteiger partial charge in [-0.15, -0.1) is 0 Å². The zero-order valence-corrected chi connectivity index (χ0v) is 13.0. The molecule has 0 amide bonds. The van der Waals surface area contributed by atoms with Crippen LogP contribution in [0.2, 0.25) is 5.02 Å². The Morgan fingerprint density at radius 2 is 2.20 bits per heavy atom. The van der Waals surface area contributed by atoms with Crippen LogP contribution in [0.3, 0.4) is 0 Å². The maximum absolute atomic E-state index is 9.35. The Bertz CT molecular complexity index is 421. The Balaban J connectivity index is 2.20. The number of nitrogens with zero attached hydrogens (tertiary/aromatic N) is 1. The predicted molar refractivity (Wildman–Crippen MR) is 85.5 cm³/mol. The van der Waals surface area contributed by atoms with Crippen molar-refractivity contribution in [2.75, 3.05) is 24.6 Å². The zero-order chi connectivity index (χ0) is 14.4. The molecule has 0 radical (unpaired) electrons. The Labute approximate surface area is 126 Å². The van der Waals surface area contributed by atoms with Crippen molar-refractivity contribution < 1.29 is 5.11 Å². The Morgan fingerprint density at radius 3 is 2.80 bits per heavy atom. The fourth-order valence-electron chi connectivity index (χ4n) is 2.69. The minimum absolute atomic E-state index is 0.185. The standard InChI is InChI=1S/C16H25ClN2O/c1-2-9-18-12-14-15(17)7-4-8-16(14)19(10-11-20)13-5-3-6-13/h4,7-8,13,18,20H,2-3,5-6,9-12H2,1H3. The van der Waals surface area contributed by atoms with E-state index in [2.05, 4.69) is 23.2 Å². The first-order valence-corrected chi connectivity index (χ1v) is 8.01. The third-order valence-electron chi connectivity index (χ3n) is 3.99. The highest BCUT2D eigenvalue weighted by Crippen LogP contribution is 2.34. The molecule has 0 saturated heterocycles. The summed E-state index contributed by atoms with van der Waals surface area (Å²) in [5.41, 5.74) is 2.34. The molecule has 20 heavy (non-hydrogen) atoms. The number of hydrogen-bond acceptors (Lipinski definition) is 3. The van der Waals surface area contributed by atoms with Crippen molar-refractivity contribution in [1.29, 1.82) is 0 Å². The lowest BCUT2D eigenvalue weighted by atomic mass is 9.90. The molecule has 0 spiro atoms. The molecule has 4 heteroatoms. The second-order valence-corrected chi connectivity index (χ2v) is 5.82. The summed E-state index contributed by atoms with van der Waals surface area (Å²) in [5.74, 6) is 0. The van der Waals surface area contributed by atoms with Gasteiger partial charge in [0.2, 0.25) is 0 Å². The first-order valence-electron chi connectivity index (χ1n) is 7.63. The van der Waals surface area contributed by atoms with Gasteiger partial charge in [0.25, 0.3) is 0 Å². The molecule has 0 aliphatic heterocycles. The number of aliphatic hydroxyl groups excluding tert-OH is 1. The van der Waals surface area contributed by atoms with Crippen LogP contribution in [-0.4, -0.2) is 30.8 Å². The molecule has 1 aromatic rings. The number of halogens is 1. The van der Waals surface area contributed by atoms with Crippen molar-refractivity contribution in [2.45, 2.75) is 45.2 Å². The van der Waals surface area contributed by atoms with Crippen molar-refractivity contribution >= 4 is 17.3 Å². The molecule has 1 aromatic carbocycles. The molecule has 2 N–H and O–H groups in total. The topological polar surface area (TPSA) is 35.5 Å². The molecular weight excluding hydrogens is 272 g/mol. The third-order valence-corrected chi connectivity index (χ3v) is 4.34. The van der Waals surface area contributed by atoms with Crippen molar-refractivity contribution in [1.82, 2.24) is 5.32 Å². The van der Waals surface area contributed by atoms with Crippen LogP contribution < -0.4 is 10.2 Å². The van der Waals surface area contributed by atoms with E-state index in [0.717, 1.165) is 30.1 Å². The average Bonchev–Trinajstić information content (AvgIpc) is 2.38. The molecule has 1 aliphatic carbocycles. The maximum Gasteiger partial charge on any atom is 0.0606 e. The van der Waals surface area contributed by atoms with Gasteiger partial charge < -0.3 is 15.3 Å². The second kappa shape index (κ2) is 7.87. The first kappa shape index (κ1) is 15.6. The van der Waals surface area contributed by atoms with Crippen LogP contribution in [0.15, 0.2) is 18.2 Å². The first-order chi connectivity index (χ1) is 9.77. The fourth-order valence-corrected chi connectivity index (χ4v) is 2.92. The van der Waals surface area contributed by atoms with Crippen LogP contribution in [0.25, 0.3) is 0 Å². The lowest BCUT2D eigenvalue weighted by molar-refractivity contribution is 0.283. The van der Waals surface area contributed by atoms with Gasteiger partial charge in [0.15, 0.2) is 0 Å². The van der Waals surface area contributed by atoms with Gasteiger partial charge in [0.05, 0.1) is 6.61 Å². The van der Waals surface area contributed by atoms with Crippen LogP contribution in [0.5, 0.6) is 0 Å². The molecule has 2 rings (SSSR count). The van der Waals surface area contributed by atoms with Crippen LogP contribution in [0, 0.1) is 0 Å². The second-order valence-electron chi connectivity index (χ2n) is 5.42. The summed E-state index contributed by atoms with van der Waals surface area (Å²) in [6.45, 7) is 4.81.